The molecule has 0 radical (unpaired) electrons. The minimum Gasteiger partial charge on any atom is -0.485 e. The molecule has 2 aromatic carbocycles. The van der Waals surface area contributed by atoms with Crippen molar-refractivity contribution in [1.82, 2.24) is 24.5 Å². The van der Waals surface area contributed by atoms with Crippen LogP contribution in [0.2, 0.25) is 0 Å². The normalized spacial score (nSPS) is 14.7. The second kappa shape index (κ2) is 6.50. The molecule has 0 unspecified atom stereocenters. The van der Waals surface area contributed by atoms with Gasteiger partial charge < -0.3 is 9.64 Å². The van der Waals surface area contributed by atoms with Crippen molar-refractivity contribution in [2.45, 2.75) is 19.6 Å². The van der Waals surface area contributed by atoms with E-state index in [1.165, 1.54) is 10.4 Å². The Morgan fingerprint density at radius 1 is 1.14 bits per heavy atom. The van der Waals surface area contributed by atoms with Crippen molar-refractivity contribution >= 4 is 38.0 Å². The molecular formula is C22H19N5OS. The highest BCUT2D eigenvalue weighted by Gasteiger charge is 2.22. The van der Waals surface area contributed by atoms with Crippen LogP contribution in [-0.2, 0) is 19.6 Å². The molecule has 0 atom stereocenters. The molecule has 0 amide bonds. The first kappa shape index (κ1) is 16.9. The van der Waals surface area contributed by atoms with Gasteiger partial charge in [0.05, 0.1) is 5.39 Å². The molecule has 6 nitrogen and oxygen atoms in total. The summed E-state index contributed by atoms with van der Waals surface area (Å²) in [4.78, 5) is 14.2. The van der Waals surface area contributed by atoms with Crippen molar-refractivity contribution in [3.63, 3.8) is 0 Å². The van der Waals surface area contributed by atoms with Gasteiger partial charge in [0.25, 0.3) is 0 Å². The van der Waals surface area contributed by atoms with Crippen molar-refractivity contribution in [2.75, 3.05) is 13.6 Å². The van der Waals surface area contributed by atoms with Gasteiger partial charge in [-0.25, -0.2) is 14.5 Å². The van der Waals surface area contributed by atoms with E-state index in [4.69, 9.17) is 9.72 Å². The highest BCUT2D eigenvalue weighted by molar-refractivity contribution is 7.19. The van der Waals surface area contributed by atoms with Crippen LogP contribution < -0.4 is 4.74 Å². The van der Waals surface area contributed by atoms with Crippen LogP contribution in [-0.4, -0.2) is 38.1 Å². The Morgan fingerprint density at radius 2 is 2.03 bits per heavy atom. The molecule has 0 N–H and O–H groups in total. The van der Waals surface area contributed by atoms with Crippen LogP contribution in [0.4, 0.5) is 0 Å². The standard InChI is InChI=1S/C22H19N5OS/c1-26-10-9-16-18(11-26)29-22-20(16)21-24-19(25-27(21)13-23-22)12-28-17-8-4-6-14-5-2-3-7-15(14)17/h2-8,13H,9-12H2,1H3. The Morgan fingerprint density at radius 3 is 3.00 bits per heavy atom. The van der Waals surface area contributed by atoms with Crippen LogP contribution in [0, 0.1) is 0 Å². The first-order valence-electron chi connectivity index (χ1n) is 9.70. The van der Waals surface area contributed by atoms with Gasteiger partial charge in [0.2, 0.25) is 0 Å². The zero-order valence-electron chi connectivity index (χ0n) is 16.0. The molecule has 0 fully saturated rings. The quantitative estimate of drug-likeness (QED) is 0.456. The van der Waals surface area contributed by atoms with E-state index in [0.29, 0.717) is 12.4 Å². The molecular weight excluding hydrogens is 382 g/mol. The number of thiophene rings is 1. The second-order valence-electron chi connectivity index (χ2n) is 7.48. The first-order chi connectivity index (χ1) is 14.3. The highest BCUT2D eigenvalue weighted by Crippen LogP contribution is 2.35. The van der Waals surface area contributed by atoms with E-state index in [1.807, 2.05) is 24.3 Å². The molecule has 5 aromatic rings. The predicted octanol–water partition coefficient (Wildman–Crippen LogP) is 4.06. The molecule has 144 valence electrons. The molecule has 0 spiro atoms. The zero-order valence-corrected chi connectivity index (χ0v) is 16.8. The lowest BCUT2D eigenvalue weighted by Gasteiger charge is -2.21. The average Bonchev–Trinajstić information content (AvgIpc) is 3.32. The lowest BCUT2D eigenvalue weighted by atomic mass is 10.1. The van der Waals surface area contributed by atoms with E-state index in [0.717, 1.165) is 51.9 Å². The number of likely N-dealkylation sites (N-methyl/N-ethyl adjacent to an activating group) is 1. The Labute approximate surface area is 171 Å². The number of nitrogens with zero attached hydrogens (tertiary/aromatic N) is 5. The van der Waals surface area contributed by atoms with Gasteiger partial charge >= 0.3 is 0 Å². The molecule has 6 rings (SSSR count). The van der Waals surface area contributed by atoms with Crippen LogP contribution in [0.3, 0.4) is 0 Å². The van der Waals surface area contributed by atoms with Gasteiger partial charge in [-0.05, 0) is 30.5 Å². The second-order valence-corrected chi connectivity index (χ2v) is 8.56. The third kappa shape index (κ3) is 2.77. The molecule has 1 aliphatic rings. The number of rotatable bonds is 3. The third-order valence-corrected chi connectivity index (χ3v) is 6.64. The highest BCUT2D eigenvalue weighted by atomic mass is 32.1. The minimum atomic E-state index is 0.326. The zero-order chi connectivity index (χ0) is 19.4. The minimum absolute atomic E-state index is 0.326. The Hall–Kier alpha value is -3.03. The Bertz CT molecular complexity index is 1370. The Kier molecular flexibility index (Phi) is 3.79. The van der Waals surface area contributed by atoms with Gasteiger partial charge in [0.15, 0.2) is 11.5 Å². The number of benzene rings is 2. The predicted molar refractivity (Wildman–Crippen MR) is 114 cm³/mol. The van der Waals surface area contributed by atoms with E-state index >= 15 is 0 Å². The number of hydrogen-bond acceptors (Lipinski definition) is 6. The van der Waals surface area contributed by atoms with Crippen molar-refractivity contribution in [2.24, 2.45) is 0 Å². The summed E-state index contributed by atoms with van der Waals surface area (Å²) in [5.41, 5.74) is 2.27. The van der Waals surface area contributed by atoms with Crippen LogP contribution in [0.5, 0.6) is 5.75 Å². The number of aromatic nitrogens is 4. The summed E-state index contributed by atoms with van der Waals surface area (Å²) in [5, 5.41) is 8.03. The van der Waals surface area contributed by atoms with Gasteiger partial charge in [-0.2, -0.15) is 0 Å². The van der Waals surface area contributed by atoms with E-state index in [2.05, 4.69) is 40.2 Å². The maximum Gasteiger partial charge on any atom is 0.189 e. The third-order valence-electron chi connectivity index (χ3n) is 5.52. The Balaban J connectivity index is 1.37. The summed E-state index contributed by atoms with van der Waals surface area (Å²) < 4.78 is 7.88. The lowest BCUT2D eigenvalue weighted by molar-refractivity contribution is 0.300. The van der Waals surface area contributed by atoms with Crippen LogP contribution in [0.15, 0.2) is 48.8 Å². The van der Waals surface area contributed by atoms with E-state index in [9.17, 15) is 0 Å². The molecule has 0 aliphatic carbocycles. The summed E-state index contributed by atoms with van der Waals surface area (Å²) >= 11 is 1.77. The summed E-state index contributed by atoms with van der Waals surface area (Å²) in [5.74, 6) is 1.52. The van der Waals surface area contributed by atoms with E-state index < -0.39 is 0 Å². The molecule has 0 saturated carbocycles. The van der Waals surface area contributed by atoms with Gasteiger partial charge in [-0.3, -0.25) is 0 Å². The van der Waals surface area contributed by atoms with Gasteiger partial charge in [0, 0.05) is 23.4 Å². The topological polar surface area (TPSA) is 55.6 Å². The SMILES string of the molecule is CN1CCc2c(sc3ncn4nc(COc5cccc6ccccc56)nc4c23)C1. The van der Waals surface area contributed by atoms with Crippen molar-refractivity contribution in [3.8, 4) is 5.75 Å². The average molecular weight is 401 g/mol. The molecule has 4 heterocycles. The summed E-state index contributed by atoms with van der Waals surface area (Å²) in [6, 6.07) is 14.3. The van der Waals surface area contributed by atoms with Gasteiger partial charge in [-0.15, -0.1) is 16.4 Å². The van der Waals surface area contributed by atoms with Crippen LogP contribution in [0.25, 0.3) is 26.6 Å². The van der Waals surface area contributed by atoms with Crippen LogP contribution >= 0.6 is 11.3 Å². The monoisotopic (exact) mass is 401 g/mol. The fraction of sp³-hybridized carbons (Fsp3) is 0.227. The van der Waals surface area contributed by atoms with Crippen molar-refractivity contribution < 1.29 is 4.74 Å². The smallest absolute Gasteiger partial charge is 0.189 e. The summed E-state index contributed by atoms with van der Waals surface area (Å²) in [6.07, 6.45) is 2.79. The fourth-order valence-corrected chi connectivity index (χ4v) is 5.35. The number of hydrogen-bond donors (Lipinski definition) is 0. The summed E-state index contributed by atoms with van der Waals surface area (Å²) in [6.45, 7) is 2.37. The summed E-state index contributed by atoms with van der Waals surface area (Å²) in [7, 11) is 2.16. The largest absolute Gasteiger partial charge is 0.485 e. The van der Waals surface area contributed by atoms with Gasteiger partial charge in [-0.1, -0.05) is 36.4 Å². The molecule has 7 heteroatoms. The molecule has 0 saturated heterocycles. The number of fused-ring (bicyclic) bond motifs is 6. The molecule has 1 aliphatic heterocycles. The number of ether oxygens (including phenoxy) is 1. The van der Waals surface area contributed by atoms with E-state index in [-0.39, 0.29) is 0 Å². The maximum absolute atomic E-state index is 6.09. The van der Waals surface area contributed by atoms with Crippen molar-refractivity contribution in [1.29, 1.82) is 0 Å². The fourth-order valence-electron chi connectivity index (χ4n) is 4.09. The van der Waals surface area contributed by atoms with E-state index in [1.54, 1.807) is 22.2 Å². The molecule has 3 aromatic heterocycles. The lowest BCUT2D eigenvalue weighted by Crippen LogP contribution is -2.25. The van der Waals surface area contributed by atoms with Crippen LogP contribution in [0.1, 0.15) is 16.3 Å². The molecule has 29 heavy (non-hydrogen) atoms. The van der Waals surface area contributed by atoms with Crippen molar-refractivity contribution in [3.05, 3.63) is 65.1 Å². The first-order valence-corrected chi connectivity index (χ1v) is 10.5. The molecule has 0 bridgehead atoms. The van der Waals surface area contributed by atoms with Gasteiger partial charge in [0.1, 0.15) is 23.5 Å². The maximum atomic E-state index is 6.09.